The number of hydrogen-bond donors (Lipinski definition) is 6. The summed E-state index contributed by atoms with van der Waals surface area (Å²) in [5, 5.41) is 17.9. The van der Waals surface area contributed by atoms with E-state index in [4.69, 9.17) is 16.6 Å². The topological polar surface area (TPSA) is 147 Å². The van der Waals surface area contributed by atoms with E-state index in [0.717, 1.165) is 11.3 Å². The van der Waals surface area contributed by atoms with Gasteiger partial charge in [-0.05, 0) is 35.9 Å². The molecule has 0 unspecified atom stereocenters. The van der Waals surface area contributed by atoms with Crippen LogP contribution in [0.4, 0.5) is 34.9 Å². The van der Waals surface area contributed by atoms with Gasteiger partial charge in [0.15, 0.2) is 0 Å². The molecular weight excluding hydrogens is 332 g/mol. The van der Waals surface area contributed by atoms with Crippen LogP contribution in [0.5, 0.6) is 0 Å². The number of anilines is 6. The van der Waals surface area contributed by atoms with Crippen molar-refractivity contribution in [3.63, 3.8) is 0 Å². The first-order valence-corrected chi connectivity index (χ1v) is 7.94. The molecule has 0 radical (unpaired) electrons. The number of nitrogens with one attached hydrogen (secondary N) is 3. The van der Waals surface area contributed by atoms with E-state index in [1.54, 1.807) is 12.1 Å². The standard InChI is InChI=1S/C17H20N8O/c18-12-6-4-11(5-7-12)9-20-15-23-16(21-10-26)25-17(24-15)22-14-3-1-2-13(19)8-14/h1-8,26H,9-10,18-19H2,(H3,20,21,22,23,24,25). The van der Waals surface area contributed by atoms with Crippen LogP contribution in [0, 0.1) is 0 Å². The second kappa shape index (κ2) is 7.99. The van der Waals surface area contributed by atoms with Gasteiger partial charge in [-0.15, -0.1) is 0 Å². The predicted molar refractivity (Wildman–Crippen MR) is 103 cm³/mol. The lowest BCUT2D eigenvalue weighted by Gasteiger charge is -2.11. The van der Waals surface area contributed by atoms with Crippen molar-refractivity contribution in [3.05, 3.63) is 54.1 Å². The molecule has 0 bridgehead atoms. The summed E-state index contributed by atoms with van der Waals surface area (Å²) in [6.45, 7) is 0.222. The Hall–Kier alpha value is -3.59. The van der Waals surface area contributed by atoms with Crippen LogP contribution in [0.3, 0.4) is 0 Å². The summed E-state index contributed by atoms with van der Waals surface area (Å²) in [5.41, 5.74) is 14.6. The fourth-order valence-electron chi connectivity index (χ4n) is 2.22. The Morgan fingerprint density at radius 3 is 2.19 bits per heavy atom. The van der Waals surface area contributed by atoms with Gasteiger partial charge in [-0.2, -0.15) is 15.0 Å². The molecule has 3 rings (SSSR count). The van der Waals surface area contributed by atoms with E-state index >= 15 is 0 Å². The summed E-state index contributed by atoms with van der Waals surface area (Å²) in [5.74, 6) is 0.925. The highest BCUT2D eigenvalue weighted by Gasteiger charge is 2.07. The van der Waals surface area contributed by atoms with Gasteiger partial charge in [-0.1, -0.05) is 18.2 Å². The molecule has 3 aromatic rings. The first-order chi connectivity index (χ1) is 12.6. The molecule has 1 heterocycles. The Morgan fingerprint density at radius 2 is 1.50 bits per heavy atom. The number of nitrogens with zero attached hydrogens (tertiary/aromatic N) is 3. The molecule has 0 aliphatic carbocycles. The van der Waals surface area contributed by atoms with Crippen LogP contribution < -0.4 is 27.4 Å². The molecule has 9 nitrogen and oxygen atoms in total. The van der Waals surface area contributed by atoms with Crippen molar-refractivity contribution in [1.29, 1.82) is 0 Å². The summed E-state index contributed by atoms with van der Waals surface area (Å²) in [7, 11) is 0. The van der Waals surface area contributed by atoms with E-state index in [2.05, 4.69) is 30.9 Å². The molecule has 134 valence electrons. The summed E-state index contributed by atoms with van der Waals surface area (Å²) >= 11 is 0. The van der Waals surface area contributed by atoms with Crippen molar-refractivity contribution >= 4 is 34.9 Å². The third-order valence-electron chi connectivity index (χ3n) is 3.45. The lowest BCUT2D eigenvalue weighted by molar-refractivity contribution is 0.324. The van der Waals surface area contributed by atoms with Crippen molar-refractivity contribution in [3.8, 4) is 0 Å². The first kappa shape index (κ1) is 17.2. The maximum atomic E-state index is 9.08. The van der Waals surface area contributed by atoms with E-state index in [9.17, 15) is 0 Å². The Morgan fingerprint density at radius 1 is 0.808 bits per heavy atom. The lowest BCUT2D eigenvalue weighted by Crippen LogP contribution is -2.11. The van der Waals surface area contributed by atoms with E-state index in [1.807, 2.05) is 36.4 Å². The zero-order chi connectivity index (χ0) is 18.4. The van der Waals surface area contributed by atoms with Gasteiger partial charge in [0.05, 0.1) is 0 Å². The van der Waals surface area contributed by atoms with E-state index in [0.29, 0.717) is 29.8 Å². The predicted octanol–water partition coefficient (Wildman–Crippen LogP) is 1.75. The van der Waals surface area contributed by atoms with Crippen LogP contribution in [0.15, 0.2) is 48.5 Å². The lowest BCUT2D eigenvalue weighted by atomic mass is 10.2. The van der Waals surface area contributed by atoms with Crippen molar-refractivity contribution in [2.75, 3.05) is 34.1 Å². The molecule has 1 aromatic heterocycles. The largest absolute Gasteiger partial charge is 0.399 e. The summed E-state index contributed by atoms with van der Waals surface area (Å²) in [4.78, 5) is 12.8. The van der Waals surface area contributed by atoms with Crippen molar-refractivity contribution in [1.82, 2.24) is 15.0 Å². The molecule has 0 fully saturated rings. The number of aliphatic hydroxyl groups excluding tert-OH is 1. The van der Waals surface area contributed by atoms with Crippen LogP contribution in [-0.4, -0.2) is 26.8 Å². The molecule has 0 aliphatic rings. The van der Waals surface area contributed by atoms with Gasteiger partial charge in [-0.3, -0.25) is 0 Å². The van der Waals surface area contributed by atoms with Crippen LogP contribution in [0.25, 0.3) is 0 Å². The van der Waals surface area contributed by atoms with E-state index in [1.165, 1.54) is 0 Å². The van der Waals surface area contributed by atoms with Crippen molar-refractivity contribution < 1.29 is 5.11 Å². The normalized spacial score (nSPS) is 10.3. The highest BCUT2D eigenvalue weighted by atomic mass is 16.3. The molecule has 9 heteroatoms. The molecule has 8 N–H and O–H groups in total. The minimum Gasteiger partial charge on any atom is -0.399 e. The minimum atomic E-state index is -0.293. The molecule has 0 amide bonds. The molecule has 0 atom stereocenters. The van der Waals surface area contributed by atoms with Gasteiger partial charge in [-0.25, -0.2) is 0 Å². The molecule has 0 spiro atoms. The highest BCUT2D eigenvalue weighted by molar-refractivity contribution is 5.60. The number of rotatable bonds is 7. The third-order valence-corrected chi connectivity index (χ3v) is 3.45. The Kier molecular flexibility index (Phi) is 5.30. The summed E-state index contributed by atoms with van der Waals surface area (Å²) in [6, 6.07) is 14.7. The Bertz CT molecular complexity index is 869. The monoisotopic (exact) mass is 352 g/mol. The number of aromatic nitrogens is 3. The molecule has 2 aromatic carbocycles. The minimum absolute atomic E-state index is 0.244. The molecule has 0 aliphatic heterocycles. The zero-order valence-electron chi connectivity index (χ0n) is 14.0. The average molecular weight is 352 g/mol. The van der Waals surface area contributed by atoms with Gasteiger partial charge in [0.2, 0.25) is 17.8 Å². The quantitative estimate of drug-likeness (QED) is 0.276. The average Bonchev–Trinajstić information content (AvgIpc) is 2.61. The van der Waals surface area contributed by atoms with Gasteiger partial charge >= 0.3 is 0 Å². The molecular formula is C17H20N8O. The van der Waals surface area contributed by atoms with Crippen LogP contribution in [0.2, 0.25) is 0 Å². The van der Waals surface area contributed by atoms with Crippen molar-refractivity contribution in [2.45, 2.75) is 6.54 Å². The van der Waals surface area contributed by atoms with Gasteiger partial charge in [0.1, 0.15) is 6.73 Å². The number of aliphatic hydroxyl groups is 1. The first-order valence-electron chi connectivity index (χ1n) is 7.94. The smallest absolute Gasteiger partial charge is 0.233 e. The summed E-state index contributed by atoms with van der Waals surface area (Å²) in [6.07, 6.45) is 0. The fourth-order valence-corrected chi connectivity index (χ4v) is 2.22. The van der Waals surface area contributed by atoms with Gasteiger partial charge < -0.3 is 32.5 Å². The fraction of sp³-hybridized carbons (Fsp3) is 0.118. The number of hydrogen-bond acceptors (Lipinski definition) is 9. The van der Waals surface area contributed by atoms with Crippen LogP contribution >= 0.6 is 0 Å². The summed E-state index contributed by atoms with van der Waals surface area (Å²) < 4.78 is 0. The van der Waals surface area contributed by atoms with E-state index < -0.39 is 0 Å². The van der Waals surface area contributed by atoms with Crippen LogP contribution in [-0.2, 0) is 6.54 Å². The molecule has 0 saturated carbocycles. The maximum absolute atomic E-state index is 9.08. The third kappa shape index (κ3) is 4.71. The highest BCUT2D eigenvalue weighted by Crippen LogP contribution is 2.18. The second-order valence-corrected chi connectivity index (χ2v) is 5.49. The number of benzene rings is 2. The zero-order valence-corrected chi connectivity index (χ0v) is 14.0. The Labute approximate surface area is 150 Å². The van der Waals surface area contributed by atoms with E-state index in [-0.39, 0.29) is 12.7 Å². The van der Waals surface area contributed by atoms with Gasteiger partial charge in [0.25, 0.3) is 0 Å². The maximum Gasteiger partial charge on any atom is 0.233 e. The molecule has 0 saturated heterocycles. The SMILES string of the molecule is Nc1ccc(CNc2nc(NCO)nc(Nc3cccc(N)c3)n2)cc1. The van der Waals surface area contributed by atoms with Gasteiger partial charge in [0, 0.05) is 23.6 Å². The van der Waals surface area contributed by atoms with Crippen LogP contribution in [0.1, 0.15) is 5.56 Å². The number of nitrogen functional groups attached to an aromatic ring is 2. The molecule has 26 heavy (non-hydrogen) atoms. The van der Waals surface area contributed by atoms with Crippen molar-refractivity contribution in [2.24, 2.45) is 0 Å². The Balaban J connectivity index is 1.77. The number of nitrogens with two attached hydrogens (primary N) is 2. The second-order valence-electron chi connectivity index (χ2n) is 5.49.